The lowest BCUT2D eigenvalue weighted by atomic mass is 9.95. The van der Waals surface area contributed by atoms with Crippen LogP contribution in [0.15, 0.2) is 67.0 Å². The van der Waals surface area contributed by atoms with Gasteiger partial charge in [-0.1, -0.05) is 138 Å². The minimum Gasteiger partial charge on any atom is -0.278 e. The van der Waals surface area contributed by atoms with Crippen LogP contribution in [-0.2, 0) is 12.8 Å². The number of hydrogen-bond donors (Lipinski definition) is 1. The Kier molecular flexibility index (Phi) is 17.1. The Bertz CT molecular complexity index is 1300. The van der Waals surface area contributed by atoms with E-state index in [-0.39, 0.29) is 0 Å². The van der Waals surface area contributed by atoms with Crippen molar-refractivity contribution in [2.45, 2.75) is 114 Å². The maximum Gasteiger partial charge on any atom is 0.0653 e. The van der Waals surface area contributed by atoms with Crippen LogP contribution in [0.25, 0.3) is 23.1 Å². The van der Waals surface area contributed by atoms with Crippen molar-refractivity contribution >= 4 is 23.1 Å². The van der Waals surface area contributed by atoms with E-state index in [0.29, 0.717) is 17.8 Å². The Morgan fingerprint density at radius 3 is 1.76 bits per heavy atom. The van der Waals surface area contributed by atoms with E-state index < -0.39 is 0 Å². The van der Waals surface area contributed by atoms with E-state index in [1.807, 2.05) is 60.0 Å². The smallest absolute Gasteiger partial charge is 0.0653 e. The molecule has 0 saturated heterocycles. The fourth-order valence-corrected chi connectivity index (χ4v) is 4.98. The molecular formula is C39H57N3. The molecule has 2 aromatic carbocycles. The molecule has 0 fully saturated rings. The van der Waals surface area contributed by atoms with E-state index in [1.165, 1.54) is 44.5 Å². The number of nitrogens with zero attached hydrogens (tertiary/aromatic N) is 2. The van der Waals surface area contributed by atoms with Gasteiger partial charge in [-0.15, -0.1) is 0 Å². The molecule has 0 aliphatic heterocycles. The van der Waals surface area contributed by atoms with Crippen molar-refractivity contribution in [3.05, 3.63) is 106 Å². The summed E-state index contributed by atoms with van der Waals surface area (Å²) in [6.45, 7) is 25.3. The van der Waals surface area contributed by atoms with Gasteiger partial charge in [0, 0.05) is 11.6 Å². The van der Waals surface area contributed by atoms with Crippen molar-refractivity contribution in [1.82, 2.24) is 15.2 Å². The topological polar surface area (TPSA) is 41.6 Å². The summed E-state index contributed by atoms with van der Waals surface area (Å²) in [4.78, 5) is 4.40. The first-order valence-electron chi connectivity index (χ1n) is 16.2. The lowest BCUT2D eigenvalue weighted by Gasteiger charge is -2.10. The van der Waals surface area contributed by atoms with Crippen molar-refractivity contribution in [3.8, 4) is 0 Å². The quantitative estimate of drug-likeness (QED) is 0.267. The third-order valence-corrected chi connectivity index (χ3v) is 6.90. The van der Waals surface area contributed by atoms with Crippen LogP contribution in [0.4, 0.5) is 0 Å². The summed E-state index contributed by atoms with van der Waals surface area (Å²) < 4.78 is 0. The second-order valence-corrected chi connectivity index (χ2v) is 10.5. The Labute approximate surface area is 257 Å². The largest absolute Gasteiger partial charge is 0.278 e. The first kappa shape index (κ1) is 36.6. The minimum absolute atomic E-state index is 0.530. The molecule has 3 heteroatoms. The van der Waals surface area contributed by atoms with Crippen LogP contribution in [0.3, 0.4) is 0 Å². The molecule has 2 aliphatic carbocycles. The Balaban J connectivity index is 0.000000289. The highest BCUT2D eigenvalue weighted by atomic mass is 15.1. The SMILES string of the molecule is CC.CC.CC.CC(C)c1cccc2[nH]ncc12.CC(C)c1cccc2c1C=CC2.CC(C)c1nccc2c1C=CC2. The summed E-state index contributed by atoms with van der Waals surface area (Å²) in [5.74, 6) is 1.73. The number of benzene rings is 2. The van der Waals surface area contributed by atoms with Gasteiger partial charge < -0.3 is 0 Å². The van der Waals surface area contributed by atoms with Crippen molar-refractivity contribution < 1.29 is 0 Å². The van der Waals surface area contributed by atoms with Gasteiger partial charge in [-0.25, -0.2) is 0 Å². The Morgan fingerprint density at radius 1 is 0.619 bits per heavy atom. The van der Waals surface area contributed by atoms with Gasteiger partial charge in [0.15, 0.2) is 0 Å². The summed E-state index contributed by atoms with van der Waals surface area (Å²) in [5.41, 5.74) is 10.9. The Hall–Kier alpha value is -3.46. The van der Waals surface area contributed by atoms with Crippen LogP contribution < -0.4 is 0 Å². The zero-order valence-corrected chi connectivity index (χ0v) is 28.5. The third kappa shape index (κ3) is 9.82. The van der Waals surface area contributed by atoms with Gasteiger partial charge in [0.25, 0.3) is 0 Å². The van der Waals surface area contributed by atoms with E-state index in [0.717, 1.165) is 18.4 Å². The predicted molar refractivity (Wildman–Crippen MR) is 189 cm³/mol. The maximum atomic E-state index is 4.40. The van der Waals surface area contributed by atoms with Crippen LogP contribution in [0.2, 0.25) is 0 Å². The molecule has 0 amide bonds. The Morgan fingerprint density at radius 2 is 1.17 bits per heavy atom. The second kappa shape index (κ2) is 19.6. The fraction of sp³-hybridized carbons (Fsp3) is 0.436. The molecule has 0 bridgehead atoms. The molecule has 228 valence electrons. The molecule has 2 aromatic heterocycles. The van der Waals surface area contributed by atoms with Crippen LogP contribution in [-0.4, -0.2) is 15.2 Å². The normalized spacial score (nSPS) is 11.6. The van der Waals surface area contributed by atoms with E-state index in [2.05, 4.69) is 117 Å². The summed E-state index contributed by atoms with van der Waals surface area (Å²) in [5, 5.41) is 8.23. The van der Waals surface area contributed by atoms with Gasteiger partial charge in [-0.2, -0.15) is 5.10 Å². The lowest BCUT2D eigenvalue weighted by Crippen LogP contribution is -1.97. The molecule has 0 unspecified atom stereocenters. The average molecular weight is 568 g/mol. The molecule has 0 radical (unpaired) electrons. The van der Waals surface area contributed by atoms with Gasteiger partial charge in [-0.3, -0.25) is 10.1 Å². The van der Waals surface area contributed by atoms with E-state index >= 15 is 0 Å². The number of nitrogens with one attached hydrogen (secondary N) is 1. The van der Waals surface area contributed by atoms with Crippen molar-refractivity contribution in [2.75, 3.05) is 0 Å². The summed E-state index contributed by atoms with van der Waals surface area (Å²) >= 11 is 0. The van der Waals surface area contributed by atoms with Crippen LogP contribution in [0.1, 0.15) is 140 Å². The van der Waals surface area contributed by atoms with E-state index in [1.54, 1.807) is 0 Å². The molecule has 4 aromatic rings. The number of allylic oxidation sites excluding steroid dienone is 2. The van der Waals surface area contributed by atoms with Crippen molar-refractivity contribution in [2.24, 2.45) is 0 Å². The highest BCUT2D eigenvalue weighted by molar-refractivity contribution is 5.82. The molecule has 42 heavy (non-hydrogen) atoms. The molecule has 0 atom stereocenters. The molecule has 6 rings (SSSR count). The first-order valence-corrected chi connectivity index (χ1v) is 16.2. The summed E-state index contributed by atoms with van der Waals surface area (Å²) in [6.07, 6.45) is 14.9. The molecular weight excluding hydrogens is 510 g/mol. The molecule has 3 nitrogen and oxygen atoms in total. The number of aromatic amines is 1. The molecule has 2 heterocycles. The highest BCUT2D eigenvalue weighted by Crippen LogP contribution is 2.28. The number of H-pyrrole nitrogens is 1. The zero-order chi connectivity index (χ0) is 31.7. The second-order valence-electron chi connectivity index (χ2n) is 10.5. The zero-order valence-electron chi connectivity index (χ0n) is 28.5. The minimum atomic E-state index is 0.530. The van der Waals surface area contributed by atoms with Gasteiger partial charge in [0.1, 0.15) is 0 Å². The van der Waals surface area contributed by atoms with E-state index in [9.17, 15) is 0 Å². The highest BCUT2D eigenvalue weighted by Gasteiger charge is 2.13. The van der Waals surface area contributed by atoms with Crippen LogP contribution in [0.5, 0.6) is 0 Å². The number of hydrogen-bond acceptors (Lipinski definition) is 2. The monoisotopic (exact) mass is 567 g/mol. The van der Waals surface area contributed by atoms with Gasteiger partial charge in [0.2, 0.25) is 0 Å². The van der Waals surface area contributed by atoms with Gasteiger partial charge in [0.05, 0.1) is 17.4 Å². The summed E-state index contributed by atoms with van der Waals surface area (Å²) in [6, 6.07) is 15.0. The lowest BCUT2D eigenvalue weighted by molar-refractivity contribution is 0.817. The van der Waals surface area contributed by atoms with Crippen molar-refractivity contribution in [3.63, 3.8) is 0 Å². The molecule has 0 saturated carbocycles. The van der Waals surface area contributed by atoms with E-state index in [4.69, 9.17) is 0 Å². The average Bonchev–Trinajstić information content (AvgIpc) is 3.81. The van der Waals surface area contributed by atoms with Gasteiger partial charge in [-0.05, 0) is 76.1 Å². The molecule has 2 aliphatic rings. The van der Waals surface area contributed by atoms with Crippen LogP contribution in [0, 0.1) is 0 Å². The van der Waals surface area contributed by atoms with Crippen LogP contribution >= 0.6 is 0 Å². The maximum absolute atomic E-state index is 4.40. The predicted octanol–water partition coefficient (Wildman–Crippen LogP) is 11.9. The van der Waals surface area contributed by atoms with Gasteiger partial charge >= 0.3 is 0 Å². The van der Waals surface area contributed by atoms with Crippen molar-refractivity contribution in [1.29, 1.82) is 0 Å². The third-order valence-electron chi connectivity index (χ3n) is 6.90. The first-order chi connectivity index (χ1) is 20.4. The summed E-state index contributed by atoms with van der Waals surface area (Å²) in [7, 11) is 0. The standard InChI is InChI=1S/C12H14.C11H13N.C10H12N2.3C2H6/c1-9(2)11-7-3-5-10-6-4-8-12(10)11;1-8(2)11-10-5-3-4-9(10)6-7-12-11;1-7(2)8-4-3-5-10-9(8)6-11-12-10;3*1-2/h3-5,7-9H,6H2,1-2H3;3,5-8H,4H2,1-2H3;3-7H,1-2H3,(H,11,12);3*1-2H3. The number of rotatable bonds is 3. The molecule has 1 N–H and O–H groups in total. The molecule has 0 spiro atoms. The fourth-order valence-electron chi connectivity index (χ4n) is 4.98. The number of pyridine rings is 1. The number of aromatic nitrogens is 3. The number of fused-ring (bicyclic) bond motifs is 3.